The predicted molar refractivity (Wildman–Crippen MR) is 88.1 cm³/mol. The number of nitrogens with zero attached hydrogens (tertiary/aromatic N) is 1. The highest BCUT2D eigenvalue weighted by Crippen LogP contribution is 2.30. The van der Waals surface area contributed by atoms with Crippen LogP contribution in [0.4, 0.5) is 8.78 Å². The van der Waals surface area contributed by atoms with E-state index in [2.05, 4.69) is 0 Å². The Bertz CT molecular complexity index is 670. The van der Waals surface area contributed by atoms with Crippen molar-refractivity contribution in [3.63, 3.8) is 0 Å². The fraction of sp³-hybridized carbons (Fsp3) is 0.368. The van der Waals surface area contributed by atoms with Crippen LogP contribution in [0.5, 0.6) is 5.75 Å². The van der Waals surface area contributed by atoms with Gasteiger partial charge in [0.2, 0.25) is 0 Å². The van der Waals surface area contributed by atoms with E-state index in [4.69, 9.17) is 4.74 Å². The number of hydrogen-bond donors (Lipinski definition) is 1. The zero-order chi connectivity index (χ0) is 17.1. The van der Waals surface area contributed by atoms with Gasteiger partial charge in [0.25, 0.3) is 0 Å². The second kappa shape index (κ2) is 7.28. The molecule has 2 unspecified atom stereocenters. The molecule has 1 saturated heterocycles. The highest BCUT2D eigenvalue weighted by molar-refractivity contribution is 5.30. The van der Waals surface area contributed by atoms with E-state index in [0.717, 1.165) is 25.3 Å². The van der Waals surface area contributed by atoms with Crippen LogP contribution < -0.4 is 4.74 Å². The van der Waals surface area contributed by atoms with Gasteiger partial charge in [0.15, 0.2) is 0 Å². The second-order valence-electron chi connectivity index (χ2n) is 6.17. The Morgan fingerprint density at radius 3 is 2.46 bits per heavy atom. The Balaban J connectivity index is 1.63. The number of aliphatic hydroxyl groups is 1. The molecule has 3 nitrogen and oxygen atoms in total. The van der Waals surface area contributed by atoms with E-state index >= 15 is 0 Å². The first-order chi connectivity index (χ1) is 11.6. The molecule has 1 fully saturated rings. The Kier molecular flexibility index (Phi) is 5.11. The van der Waals surface area contributed by atoms with Crippen LogP contribution in [0.1, 0.15) is 29.6 Å². The molecule has 0 aromatic heterocycles. The summed E-state index contributed by atoms with van der Waals surface area (Å²) >= 11 is 0. The average Bonchev–Trinajstić information content (AvgIpc) is 3.03. The molecule has 0 aliphatic carbocycles. The molecule has 2 atom stereocenters. The number of likely N-dealkylation sites (tertiary alicyclic amines) is 1. The first-order valence-electron chi connectivity index (χ1n) is 8.06. The van der Waals surface area contributed by atoms with Crippen LogP contribution >= 0.6 is 0 Å². The number of methoxy groups -OCH3 is 1. The third-order valence-electron chi connectivity index (χ3n) is 4.62. The van der Waals surface area contributed by atoms with Gasteiger partial charge in [-0.05, 0) is 48.7 Å². The molecule has 5 heteroatoms. The van der Waals surface area contributed by atoms with Crippen molar-refractivity contribution in [2.75, 3.05) is 26.7 Å². The molecule has 128 valence electrons. The summed E-state index contributed by atoms with van der Waals surface area (Å²) in [7, 11) is 1.63. The highest BCUT2D eigenvalue weighted by atomic mass is 19.1. The Hall–Kier alpha value is -1.98. The van der Waals surface area contributed by atoms with Gasteiger partial charge in [-0.15, -0.1) is 0 Å². The summed E-state index contributed by atoms with van der Waals surface area (Å²) in [5.41, 5.74) is 0.968. The number of rotatable bonds is 5. The lowest BCUT2D eigenvalue weighted by atomic mass is 9.98. The van der Waals surface area contributed by atoms with Crippen molar-refractivity contribution in [2.24, 2.45) is 0 Å². The lowest BCUT2D eigenvalue weighted by Gasteiger charge is -2.21. The number of β-amino-alcohol motifs (C(OH)–C–C–N with tert-alkyl or cyclic N) is 1. The third-order valence-corrected chi connectivity index (χ3v) is 4.62. The molecule has 2 aromatic carbocycles. The first-order valence-corrected chi connectivity index (χ1v) is 8.06. The number of halogens is 2. The minimum absolute atomic E-state index is 0.227. The Labute approximate surface area is 140 Å². The molecule has 0 saturated carbocycles. The van der Waals surface area contributed by atoms with Gasteiger partial charge < -0.3 is 9.84 Å². The summed E-state index contributed by atoms with van der Waals surface area (Å²) in [5, 5.41) is 10.2. The number of ether oxygens (including phenoxy) is 1. The minimum atomic E-state index is -1.17. The zero-order valence-corrected chi connectivity index (χ0v) is 13.6. The minimum Gasteiger partial charge on any atom is -0.497 e. The normalized spacial score (nSPS) is 19.4. The lowest BCUT2D eigenvalue weighted by Crippen LogP contribution is -2.27. The van der Waals surface area contributed by atoms with Crippen molar-refractivity contribution in [3.05, 3.63) is 65.2 Å². The van der Waals surface area contributed by atoms with Gasteiger partial charge in [0.1, 0.15) is 17.4 Å². The van der Waals surface area contributed by atoms with Crippen LogP contribution in [0.25, 0.3) is 0 Å². The predicted octanol–water partition coefficient (Wildman–Crippen LogP) is 3.50. The highest BCUT2D eigenvalue weighted by Gasteiger charge is 2.27. The molecule has 0 bridgehead atoms. The molecule has 2 aromatic rings. The van der Waals surface area contributed by atoms with Gasteiger partial charge in [-0.25, -0.2) is 8.78 Å². The maximum absolute atomic E-state index is 13.8. The van der Waals surface area contributed by atoms with E-state index in [-0.39, 0.29) is 12.1 Å². The number of hydrogen-bond acceptors (Lipinski definition) is 3. The molecule has 3 rings (SSSR count). The molecule has 1 heterocycles. The Morgan fingerprint density at radius 2 is 1.83 bits per heavy atom. The number of aliphatic hydroxyl groups excluding tert-OH is 1. The molecule has 1 aliphatic rings. The van der Waals surface area contributed by atoms with Crippen LogP contribution in [0.2, 0.25) is 0 Å². The fourth-order valence-corrected chi connectivity index (χ4v) is 3.31. The van der Waals surface area contributed by atoms with Gasteiger partial charge >= 0.3 is 0 Å². The molecule has 0 radical (unpaired) electrons. The van der Waals surface area contributed by atoms with Crippen molar-refractivity contribution in [3.8, 4) is 5.75 Å². The van der Waals surface area contributed by atoms with Crippen molar-refractivity contribution in [1.29, 1.82) is 0 Å². The van der Waals surface area contributed by atoms with Gasteiger partial charge in [-0.1, -0.05) is 18.2 Å². The van der Waals surface area contributed by atoms with Gasteiger partial charge in [-0.3, -0.25) is 4.90 Å². The smallest absolute Gasteiger partial charge is 0.131 e. The molecule has 1 N–H and O–H groups in total. The number of benzene rings is 2. The van der Waals surface area contributed by atoms with Crippen LogP contribution in [-0.2, 0) is 0 Å². The second-order valence-corrected chi connectivity index (χ2v) is 6.17. The van der Waals surface area contributed by atoms with Crippen molar-refractivity contribution >= 4 is 0 Å². The molecule has 0 spiro atoms. The van der Waals surface area contributed by atoms with E-state index in [1.54, 1.807) is 7.11 Å². The van der Waals surface area contributed by atoms with Gasteiger partial charge in [-0.2, -0.15) is 0 Å². The maximum atomic E-state index is 13.8. The zero-order valence-electron chi connectivity index (χ0n) is 13.6. The quantitative estimate of drug-likeness (QED) is 0.909. The molecular weight excluding hydrogens is 312 g/mol. The molecule has 1 aliphatic heterocycles. The summed E-state index contributed by atoms with van der Waals surface area (Å²) in [6, 6.07) is 11.6. The van der Waals surface area contributed by atoms with Crippen molar-refractivity contribution in [2.45, 2.75) is 18.4 Å². The molecule has 24 heavy (non-hydrogen) atoms. The summed E-state index contributed by atoms with van der Waals surface area (Å²) in [4.78, 5) is 2.05. The summed E-state index contributed by atoms with van der Waals surface area (Å²) in [5.74, 6) is -0.227. The van der Waals surface area contributed by atoms with E-state index in [0.29, 0.717) is 5.92 Å². The molecule has 0 amide bonds. The van der Waals surface area contributed by atoms with Crippen LogP contribution in [0.3, 0.4) is 0 Å². The summed E-state index contributed by atoms with van der Waals surface area (Å²) in [6.45, 7) is 1.79. The fourth-order valence-electron chi connectivity index (χ4n) is 3.31. The summed E-state index contributed by atoms with van der Waals surface area (Å²) < 4.78 is 32.7. The largest absolute Gasteiger partial charge is 0.497 e. The maximum Gasteiger partial charge on any atom is 0.131 e. The first kappa shape index (κ1) is 16.9. The van der Waals surface area contributed by atoms with Crippen LogP contribution in [-0.4, -0.2) is 36.8 Å². The van der Waals surface area contributed by atoms with Crippen molar-refractivity contribution < 1.29 is 18.6 Å². The van der Waals surface area contributed by atoms with E-state index < -0.39 is 17.7 Å². The monoisotopic (exact) mass is 333 g/mol. The standard InChI is InChI=1S/C19H21F2NO2/c1-24-15-7-5-13(6-8-15)14-9-10-22(11-14)12-18(23)19-16(20)3-2-4-17(19)21/h2-8,14,18,23H,9-12H2,1H3. The van der Waals surface area contributed by atoms with Crippen LogP contribution in [0.15, 0.2) is 42.5 Å². The average molecular weight is 333 g/mol. The van der Waals surface area contributed by atoms with E-state index in [1.165, 1.54) is 23.8 Å². The third kappa shape index (κ3) is 3.57. The molecular formula is C19H21F2NO2. The lowest BCUT2D eigenvalue weighted by molar-refractivity contribution is 0.118. The summed E-state index contributed by atoms with van der Waals surface area (Å²) in [6.07, 6.45) is -0.209. The Morgan fingerprint density at radius 1 is 1.17 bits per heavy atom. The van der Waals surface area contributed by atoms with Crippen molar-refractivity contribution in [1.82, 2.24) is 4.90 Å². The van der Waals surface area contributed by atoms with E-state index in [9.17, 15) is 13.9 Å². The van der Waals surface area contributed by atoms with Gasteiger partial charge in [0, 0.05) is 13.1 Å². The van der Waals surface area contributed by atoms with E-state index in [1.807, 2.05) is 29.2 Å². The topological polar surface area (TPSA) is 32.7 Å². The van der Waals surface area contributed by atoms with Crippen LogP contribution in [0, 0.1) is 11.6 Å². The SMILES string of the molecule is COc1ccc(C2CCN(CC(O)c3c(F)cccc3F)C2)cc1. The van der Waals surface area contributed by atoms with Gasteiger partial charge in [0.05, 0.1) is 18.8 Å².